The second kappa shape index (κ2) is 7.99. The van der Waals surface area contributed by atoms with Crippen LogP contribution in [0.1, 0.15) is 42.1 Å². The van der Waals surface area contributed by atoms with Crippen molar-refractivity contribution in [1.29, 1.82) is 0 Å². The predicted octanol–water partition coefficient (Wildman–Crippen LogP) is 4.33. The number of halogens is 1. The van der Waals surface area contributed by atoms with Crippen molar-refractivity contribution in [2.75, 3.05) is 18.0 Å². The fourth-order valence-electron chi connectivity index (χ4n) is 3.09. The fraction of sp³-hybridized carbons (Fsp3) is 0.444. The van der Waals surface area contributed by atoms with Gasteiger partial charge in [0.1, 0.15) is 0 Å². The van der Waals surface area contributed by atoms with Crippen LogP contribution in [0.2, 0.25) is 0 Å². The van der Waals surface area contributed by atoms with E-state index in [2.05, 4.69) is 40.7 Å². The first kappa shape index (κ1) is 18.7. The second-order valence-electron chi connectivity index (χ2n) is 5.92. The number of aromatic nitrogens is 1. The number of anilines is 1. The molecule has 0 atom stereocenters. The predicted molar refractivity (Wildman–Crippen MR) is 103 cm³/mol. The minimum Gasteiger partial charge on any atom is -0.372 e. The van der Waals surface area contributed by atoms with Crippen LogP contribution in [-0.4, -0.2) is 23.4 Å². The maximum atomic E-state index is 11.7. The molecule has 0 saturated carbocycles. The third-order valence-corrected chi connectivity index (χ3v) is 5.62. The van der Waals surface area contributed by atoms with Crippen LogP contribution in [0.4, 0.5) is 11.4 Å². The Morgan fingerprint density at radius 1 is 1.21 bits per heavy atom. The highest BCUT2D eigenvalue weighted by Gasteiger charge is 2.13. The number of carbonyl (C=O) groups excluding carboxylic acids is 1. The summed E-state index contributed by atoms with van der Waals surface area (Å²) in [5, 5.41) is 0. The Labute approximate surface area is 153 Å². The summed E-state index contributed by atoms with van der Waals surface area (Å²) in [7, 11) is 0. The molecule has 0 aliphatic carbocycles. The molecule has 0 radical (unpaired) electrons. The molecule has 1 fully saturated rings. The molecule has 0 amide bonds. The van der Waals surface area contributed by atoms with E-state index in [1.54, 1.807) is 6.92 Å². The molecule has 0 spiro atoms. The largest absolute Gasteiger partial charge is 0.372 e. The number of ketones is 1. The maximum Gasteiger partial charge on any atom is 0.190 e. The summed E-state index contributed by atoms with van der Waals surface area (Å²) in [6.45, 7) is 8.82. The smallest absolute Gasteiger partial charge is 0.190 e. The lowest BCUT2D eigenvalue weighted by molar-refractivity contribution is 0.102. The molecule has 1 saturated heterocycles. The molecule has 1 aromatic carbocycles. The molecule has 1 aromatic heterocycles. The van der Waals surface area contributed by atoms with E-state index in [-0.39, 0.29) is 18.2 Å². The summed E-state index contributed by atoms with van der Waals surface area (Å²) < 4.78 is 2.11. The van der Waals surface area contributed by atoms with Crippen LogP contribution in [0.15, 0.2) is 29.3 Å². The van der Waals surface area contributed by atoms with Gasteiger partial charge in [-0.15, -0.1) is 12.4 Å². The Morgan fingerprint density at radius 2 is 1.83 bits per heavy atom. The topological polar surface area (TPSA) is 37.6 Å². The number of hydrogen-bond donors (Lipinski definition) is 0. The van der Waals surface area contributed by atoms with Crippen molar-refractivity contribution in [3.05, 3.63) is 39.6 Å². The Balaban J connectivity index is 0.00000208. The van der Waals surface area contributed by atoms with E-state index < -0.39 is 0 Å². The van der Waals surface area contributed by atoms with Crippen molar-refractivity contribution >= 4 is 40.9 Å². The second-order valence-corrected chi connectivity index (χ2v) is 6.90. The average molecular weight is 366 g/mol. The van der Waals surface area contributed by atoms with Crippen LogP contribution in [0.3, 0.4) is 0 Å². The zero-order chi connectivity index (χ0) is 16.4. The standard InChI is InChI=1S/C18H23N3OS.ClH/c1-4-21-13(2)17(14(3)22)23-18(21)19-15-7-9-16(10-8-15)20-11-5-6-12-20;/h7-10H,4-6,11-12H2,1-3H3;1H. The monoisotopic (exact) mass is 365 g/mol. The van der Waals surface area contributed by atoms with E-state index in [9.17, 15) is 4.79 Å². The molecule has 4 nitrogen and oxygen atoms in total. The van der Waals surface area contributed by atoms with Gasteiger partial charge < -0.3 is 9.47 Å². The first-order chi connectivity index (χ1) is 11.1. The lowest BCUT2D eigenvalue weighted by Crippen LogP contribution is -2.17. The lowest BCUT2D eigenvalue weighted by Gasteiger charge is -2.17. The Bertz CT molecular complexity index is 771. The van der Waals surface area contributed by atoms with Crippen LogP contribution in [0, 0.1) is 6.92 Å². The van der Waals surface area contributed by atoms with Gasteiger partial charge in [0, 0.05) is 37.9 Å². The number of benzene rings is 1. The molecule has 6 heteroatoms. The highest BCUT2D eigenvalue weighted by Crippen LogP contribution is 2.23. The third-order valence-electron chi connectivity index (χ3n) is 4.34. The molecule has 0 bridgehead atoms. The van der Waals surface area contributed by atoms with Gasteiger partial charge in [-0.3, -0.25) is 4.79 Å². The highest BCUT2D eigenvalue weighted by molar-refractivity contribution is 7.11. The molecule has 0 N–H and O–H groups in total. The number of hydrogen-bond acceptors (Lipinski definition) is 4. The van der Waals surface area contributed by atoms with Crippen LogP contribution < -0.4 is 9.70 Å². The zero-order valence-electron chi connectivity index (χ0n) is 14.4. The Kier molecular flexibility index (Phi) is 6.24. The molecule has 130 valence electrons. The van der Waals surface area contributed by atoms with E-state index in [0.717, 1.165) is 40.7 Å². The van der Waals surface area contributed by atoms with Gasteiger partial charge in [0.05, 0.1) is 10.6 Å². The average Bonchev–Trinajstić information content (AvgIpc) is 3.16. The molecular weight excluding hydrogens is 342 g/mol. The summed E-state index contributed by atoms with van der Waals surface area (Å²) >= 11 is 1.48. The van der Waals surface area contributed by atoms with Gasteiger partial charge in [-0.1, -0.05) is 11.3 Å². The van der Waals surface area contributed by atoms with E-state index >= 15 is 0 Å². The molecule has 0 unspecified atom stereocenters. The van der Waals surface area contributed by atoms with Gasteiger partial charge in [0.2, 0.25) is 0 Å². The van der Waals surface area contributed by atoms with Crippen molar-refractivity contribution in [2.24, 2.45) is 4.99 Å². The molecule has 1 aliphatic rings. The van der Waals surface area contributed by atoms with E-state index in [4.69, 9.17) is 4.99 Å². The molecule has 2 aromatic rings. The molecule has 24 heavy (non-hydrogen) atoms. The minimum absolute atomic E-state index is 0. The van der Waals surface area contributed by atoms with Gasteiger partial charge >= 0.3 is 0 Å². The van der Waals surface area contributed by atoms with Crippen molar-refractivity contribution in [1.82, 2.24) is 4.57 Å². The zero-order valence-corrected chi connectivity index (χ0v) is 16.0. The summed E-state index contributed by atoms with van der Waals surface area (Å²) in [5.74, 6) is 0.112. The van der Waals surface area contributed by atoms with Gasteiger partial charge in [-0.25, -0.2) is 4.99 Å². The van der Waals surface area contributed by atoms with Crippen LogP contribution in [0.25, 0.3) is 0 Å². The molecule has 2 heterocycles. The van der Waals surface area contributed by atoms with E-state index in [0.29, 0.717) is 0 Å². The normalized spacial score (nSPS) is 14.8. The summed E-state index contributed by atoms with van der Waals surface area (Å²) in [6, 6.07) is 8.42. The summed E-state index contributed by atoms with van der Waals surface area (Å²) in [6.07, 6.45) is 2.57. The Morgan fingerprint density at radius 3 is 2.38 bits per heavy atom. The number of thiazole rings is 1. The van der Waals surface area contributed by atoms with Crippen molar-refractivity contribution in [3.8, 4) is 0 Å². The molecule has 1 aliphatic heterocycles. The van der Waals surface area contributed by atoms with E-state index in [1.165, 1.54) is 29.9 Å². The van der Waals surface area contributed by atoms with Crippen molar-refractivity contribution < 1.29 is 4.79 Å². The van der Waals surface area contributed by atoms with Gasteiger partial charge in [0.25, 0.3) is 0 Å². The van der Waals surface area contributed by atoms with E-state index in [1.807, 2.05) is 6.92 Å². The number of nitrogens with zero attached hydrogens (tertiary/aromatic N) is 3. The highest BCUT2D eigenvalue weighted by atomic mass is 35.5. The maximum absolute atomic E-state index is 11.7. The van der Waals surface area contributed by atoms with Gasteiger partial charge in [-0.05, 0) is 51.0 Å². The SMILES string of the molecule is CCn1c(C)c(C(C)=O)sc1=Nc1ccc(N2CCCC2)cc1.Cl. The first-order valence-electron chi connectivity index (χ1n) is 8.21. The van der Waals surface area contributed by atoms with Crippen molar-refractivity contribution in [2.45, 2.75) is 40.2 Å². The number of carbonyl (C=O) groups is 1. The lowest BCUT2D eigenvalue weighted by atomic mass is 10.2. The van der Waals surface area contributed by atoms with Crippen molar-refractivity contribution in [3.63, 3.8) is 0 Å². The molecule has 3 rings (SSSR count). The van der Waals surface area contributed by atoms with Gasteiger partial charge in [0.15, 0.2) is 10.6 Å². The Hall–Kier alpha value is -1.59. The number of rotatable bonds is 4. The van der Waals surface area contributed by atoms with Gasteiger partial charge in [-0.2, -0.15) is 0 Å². The third kappa shape index (κ3) is 3.73. The van der Waals surface area contributed by atoms with Crippen LogP contribution in [0.5, 0.6) is 0 Å². The quantitative estimate of drug-likeness (QED) is 0.756. The number of Topliss-reactive ketones (excluding diaryl/α,β-unsaturated/α-hetero) is 1. The first-order valence-corrected chi connectivity index (χ1v) is 9.02. The summed E-state index contributed by atoms with van der Waals surface area (Å²) in [5.41, 5.74) is 3.22. The minimum atomic E-state index is 0. The molecular formula is C18H24ClN3OS. The van der Waals surface area contributed by atoms with Crippen LogP contribution >= 0.6 is 23.7 Å². The van der Waals surface area contributed by atoms with Crippen LogP contribution in [-0.2, 0) is 6.54 Å². The fourth-order valence-corrected chi connectivity index (χ4v) is 4.20. The summed E-state index contributed by atoms with van der Waals surface area (Å²) in [4.78, 5) is 20.6.